The van der Waals surface area contributed by atoms with Crippen LogP contribution in [0.3, 0.4) is 0 Å². The first-order valence-electron chi connectivity index (χ1n) is 8.97. The van der Waals surface area contributed by atoms with Crippen LogP contribution in [0.25, 0.3) is 11.0 Å². The fraction of sp³-hybridized carbons (Fsp3) is 0.400. The van der Waals surface area contributed by atoms with Gasteiger partial charge in [-0.3, -0.25) is 4.79 Å². The lowest BCUT2D eigenvalue weighted by molar-refractivity contribution is -0.131. The molecule has 25 heavy (non-hydrogen) atoms. The second-order valence-electron chi connectivity index (χ2n) is 6.24. The SMILES string of the molecule is CCCN(CCC)C(=O)Cn1c(Cc2cccs2)nc2ccccc21. The summed E-state index contributed by atoms with van der Waals surface area (Å²) < 4.78 is 2.09. The Morgan fingerprint density at radius 2 is 1.88 bits per heavy atom. The second-order valence-corrected chi connectivity index (χ2v) is 7.27. The normalized spacial score (nSPS) is 11.1. The summed E-state index contributed by atoms with van der Waals surface area (Å²) >= 11 is 1.73. The van der Waals surface area contributed by atoms with Crippen LogP contribution in [0, 0.1) is 0 Å². The summed E-state index contributed by atoms with van der Waals surface area (Å²) in [6.45, 7) is 6.23. The number of para-hydroxylation sites is 2. The Kier molecular flexibility index (Phi) is 5.87. The summed E-state index contributed by atoms with van der Waals surface area (Å²) in [7, 11) is 0. The number of rotatable bonds is 8. The summed E-state index contributed by atoms with van der Waals surface area (Å²) in [5.41, 5.74) is 2.00. The molecule has 5 heteroatoms. The maximum atomic E-state index is 12.9. The lowest BCUT2D eigenvalue weighted by Gasteiger charge is -2.22. The van der Waals surface area contributed by atoms with E-state index in [1.54, 1.807) is 11.3 Å². The number of fused-ring (bicyclic) bond motifs is 1. The predicted octanol–water partition coefficient (Wildman–Crippen LogP) is 4.34. The van der Waals surface area contributed by atoms with Crippen LogP contribution >= 0.6 is 11.3 Å². The molecule has 0 aliphatic carbocycles. The Labute approximate surface area is 153 Å². The highest BCUT2D eigenvalue weighted by atomic mass is 32.1. The van der Waals surface area contributed by atoms with E-state index in [0.717, 1.165) is 49.2 Å². The summed E-state index contributed by atoms with van der Waals surface area (Å²) in [6.07, 6.45) is 2.73. The van der Waals surface area contributed by atoms with Crippen LogP contribution in [-0.4, -0.2) is 33.4 Å². The van der Waals surface area contributed by atoms with Crippen molar-refractivity contribution < 1.29 is 4.79 Å². The van der Waals surface area contributed by atoms with E-state index in [-0.39, 0.29) is 5.91 Å². The average molecular weight is 356 g/mol. The second kappa shape index (κ2) is 8.30. The average Bonchev–Trinajstić information content (AvgIpc) is 3.24. The highest BCUT2D eigenvalue weighted by molar-refractivity contribution is 7.09. The Morgan fingerprint density at radius 1 is 1.12 bits per heavy atom. The lowest BCUT2D eigenvalue weighted by Crippen LogP contribution is -2.35. The molecule has 132 valence electrons. The first kappa shape index (κ1) is 17.7. The number of hydrogen-bond donors (Lipinski definition) is 0. The minimum atomic E-state index is 0.180. The third kappa shape index (κ3) is 4.10. The number of thiophene rings is 1. The topological polar surface area (TPSA) is 38.1 Å². The highest BCUT2D eigenvalue weighted by Crippen LogP contribution is 2.21. The Hall–Kier alpha value is -2.14. The molecule has 3 aromatic rings. The summed E-state index contributed by atoms with van der Waals surface area (Å²) in [5.74, 6) is 1.14. The molecule has 2 aromatic heterocycles. The molecule has 2 heterocycles. The number of nitrogens with zero attached hydrogens (tertiary/aromatic N) is 3. The maximum Gasteiger partial charge on any atom is 0.242 e. The molecule has 0 saturated carbocycles. The molecule has 0 unspecified atom stereocenters. The zero-order valence-corrected chi connectivity index (χ0v) is 15.8. The van der Waals surface area contributed by atoms with E-state index in [0.29, 0.717) is 6.54 Å². The third-order valence-electron chi connectivity index (χ3n) is 4.28. The zero-order chi connectivity index (χ0) is 17.6. The predicted molar refractivity (Wildman–Crippen MR) is 104 cm³/mol. The van der Waals surface area contributed by atoms with E-state index < -0.39 is 0 Å². The molecular weight excluding hydrogens is 330 g/mol. The van der Waals surface area contributed by atoms with E-state index in [4.69, 9.17) is 4.98 Å². The van der Waals surface area contributed by atoms with Crippen molar-refractivity contribution in [3.05, 3.63) is 52.5 Å². The van der Waals surface area contributed by atoms with Gasteiger partial charge in [0.05, 0.1) is 11.0 Å². The number of aromatic nitrogens is 2. The van der Waals surface area contributed by atoms with Gasteiger partial charge in [0.1, 0.15) is 12.4 Å². The van der Waals surface area contributed by atoms with Crippen molar-refractivity contribution in [1.82, 2.24) is 14.5 Å². The molecule has 0 bridgehead atoms. The van der Waals surface area contributed by atoms with Gasteiger partial charge in [0.15, 0.2) is 0 Å². The minimum absolute atomic E-state index is 0.180. The summed E-state index contributed by atoms with van der Waals surface area (Å²) in [5, 5.41) is 2.08. The van der Waals surface area contributed by atoms with Gasteiger partial charge in [-0.2, -0.15) is 0 Å². The Balaban J connectivity index is 1.91. The Bertz CT molecular complexity index is 817. The van der Waals surface area contributed by atoms with Crippen LogP contribution in [0.1, 0.15) is 37.4 Å². The van der Waals surface area contributed by atoms with Crippen molar-refractivity contribution in [3.63, 3.8) is 0 Å². The largest absolute Gasteiger partial charge is 0.341 e. The molecule has 1 aromatic carbocycles. The van der Waals surface area contributed by atoms with Gasteiger partial charge in [-0.15, -0.1) is 11.3 Å². The molecule has 0 N–H and O–H groups in total. The molecule has 3 rings (SSSR count). The smallest absolute Gasteiger partial charge is 0.242 e. The molecule has 0 spiro atoms. The number of carbonyl (C=O) groups excluding carboxylic acids is 1. The van der Waals surface area contributed by atoms with Crippen LogP contribution in [0.2, 0.25) is 0 Å². The Morgan fingerprint density at radius 3 is 2.56 bits per heavy atom. The first-order valence-corrected chi connectivity index (χ1v) is 9.85. The van der Waals surface area contributed by atoms with E-state index in [1.165, 1.54) is 4.88 Å². The van der Waals surface area contributed by atoms with Gasteiger partial charge in [-0.1, -0.05) is 32.0 Å². The van der Waals surface area contributed by atoms with Crippen molar-refractivity contribution in [2.75, 3.05) is 13.1 Å². The van der Waals surface area contributed by atoms with Crippen molar-refractivity contribution in [3.8, 4) is 0 Å². The maximum absolute atomic E-state index is 12.9. The van der Waals surface area contributed by atoms with E-state index >= 15 is 0 Å². The van der Waals surface area contributed by atoms with Gasteiger partial charge in [-0.05, 0) is 36.4 Å². The van der Waals surface area contributed by atoms with Crippen LogP contribution in [0.15, 0.2) is 41.8 Å². The van der Waals surface area contributed by atoms with Crippen molar-refractivity contribution in [1.29, 1.82) is 0 Å². The molecule has 0 radical (unpaired) electrons. The van der Waals surface area contributed by atoms with Crippen molar-refractivity contribution >= 4 is 28.3 Å². The summed E-state index contributed by atoms with van der Waals surface area (Å²) in [6, 6.07) is 12.3. The number of hydrogen-bond acceptors (Lipinski definition) is 3. The fourth-order valence-electron chi connectivity index (χ4n) is 3.14. The molecule has 1 amide bonds. The summed E-state index contributed by atoms with van der Waals surface area (Å²) in [4.78, 5) is 20.9. The number of benzene rings is 1. The van der Waals surface area contributed by atoms with E-state index in [2.05, 4.69) is 42.0 Å². The number of imidazole rings is 1. The van der Waals surface area contributed by atoms with Gasteiger partial charge < -0.3 is 9.47 Å². The fourth-order valence-corrected chi connectivity index (χ4v) is 3.84. The number of amides is 1. The molecule has 0 saturated heterocycles. The minimum Gasteiger partial charge on any atom is -0.341 e. The quantitative estimate of drug-likeness (QED) is 0.603. The van der Waals surface area contributed by atoms with Crippen molar-refractivity contribution in [2.24, 2.45) is 0 Å². The van der Waals surface area contributed by atoms with Crippen molar-refractivity contribution in [2.45, 2.75) is 39.7 Å². The van der Waals surface area contributed by atoms with Crippen LogP contribution in [-0.2, 0) is 17.8 Å². The van der Waals surface area contributed by atoms with Crippen LogP contribution in [0.5, 0.6) is 0 Å². The molecule has 0 fully saturated rings. The zero-order valence-electron chi connectivity index (χ0n) is 14.9. The standard InChI is InChI=1S/C20H25N3OS/c1-3-11-22(12-4-2)20(24)15-23-18-10-6-5-9-17(18)21-19(23)14-16-8-7-13-25-16/h5-10,13H,3-4,11-12,14-15H2,1-2H3. The molecule has 4 nitrogen and oxygen atoms in total. The lowest BCUT2D eigenvalue weighted by atomic mass is 10.3. The van der Waals surface area contributed by atoms with Gasteiger partial charge in [0.25, 0.3) is 0 Å². The first-order chi connectivity index (χ1) is 12.2. The van der Waals surface area contributed by atoms with Crippen LogP contribution < -0.4 is 0 Å². The monoisotopic (exact) mass is 355 g/mol. The highest BCUT2D eigenvalue weighted by Gasteiger charge is 2.17. The number of carbonyl (C=O) groups is 1. The molecule has 0 aliphatic rings. The van der Waals surface area contributed by atoms with Gasteiger partial charge >= 0.3 is 0 Å². The van der Waals surface area contributed by atoms with E-state index in [9.17, 15) is 4.79 Å². The molecule has 0 aliphatic heterocycles. The van der Waals surface area contributed by atoms with Gasteiger partial charge in [0, 0.05) is 24.4 Å². The van der Waals surface area contributed by atoms with Crippen LogP contribution in [0.4, 0.5) is 0 Å². The molecule has 0 atom stereocenters. The van der Waals surface area contributed by atoms with E-state index in [1.807, 2.05) is 23.1 Å². The van der Waals surface area contributed by atoms with Gasteiger partial charge in [-0.25, -0.2) is 4.98 Å². The molecular formula is C20H25N3OS. The third-order valence-corrected chi connectivity index (χ3v) is 5.16. The van der Waals surface area contributed by atoms with Gasteiger partial charge in [0.2, 0.25) is 5.91 Å².